The van der Waals surface area contributed by atoms with Gasteiger partial charge in [0.2, 0.25) is 0 Å². The summed E-state index contributed by atoms with van der Waals surface area (Å²) in [7, 11) is 0. The zero-order chi connectivity index (χ0) is 20.5. The van der Waals surface area contributed by atoms with Gasteiger partial charge in [0.1, 0.15) is 11.6 Å². The van der Waals surface area contributed by atoms with Gasteiger partial charge in [-0.15, -0.1) is 0 Å². The van der Waals surface area contributed by atoms with Crippen LogP contribution in [0.25, 0.3) is 0 Å². The Labute approximate surface area is 177 Å². The molecule has 1 saturated heterocycles. The van der Waals surface area contributed by atoms with Crippen molar-refractivity contribution in [2.24, 2.45) is 0 Å². The summed E-state index contributed by atoms with van der Waals surface area (Å²) in [5.41, 5.74) is 2.53. The highest BCUT2D eigenvalue weighted by Crippen LogP contribution is 2.12. The van der Waals surface area contributed by atoms with Crippen LogP contribution in [0.5, 0.6) is 0 Å². The van der Waals surface area contributed by atoms with Gasteiger partial charge in [0.15, 0.2) is 0 Å². The number of nitrogens with zero attached hydrogens (tertiary/aromatic N) is 3. The fourth-order valence-corrected chi connectivity index (χ4v) is 3.56. The van der Waals surface area contributed by atoms with E-state index < -0.39 is 0 Å². The molecule has 2 aromatic rings. The summed E-state index contributed by atoms with van der Waals surface area (Å²) in [5.74, 6) is -0.206. The second-order valence-corrected chi connectivity index (χ2v) is 7.49. The Morgan fingerprint density at radius 1 is 1.07 bits per heavy atom. The minimum atomic E-state index is -0.206. The molecule has 0 spiro atoms. The summed E-state index contributed by atoms with van der Waals surface area (Å²) in [5, 5.41) is 13.2. The number of rotatable bonds is 7. The van der Waals surface area contributed by atoms with Gasteiger partial charge in [0, 0.05) is 50.5 Å². The van der Waals surface area contributed by atoms with Crippen molar-refractivity contribution in [3.8, 4) is 6.07 Å². The molecule has 1 aliphatic heterocycles. The van der Waals surface area contributed by atoms with Gasteiger partial charge in [-0.05, 0) is 29.7 Å². The lowest BCUT2D eigenvalue weighted by Crippen LogP contribution is -2.48. The smallest absolute Gasteiger partial charge is 0.266 e. The van der Waals surface area contributed by atoms with Gasteiger partial charge in [-0.25, -0.2) is 0 Å². The Hall–Kier alpha value is -2.81. The zero-order valence-electron chi connectivity index (χ0n) is 16.4. The largest absolute Gasteiger partial charge is 0.389 e. The van der Waals surface area contributed by atoms with Crippen molar-refractivity contribution < 1.29 is 4.79 Å². The Morgan fingerprint density at radius 3 is 2.48 bits per heavy atom. The molecule has 1 amide bonds. The Morgan fingerprint density at radius 2 is 1.79 bits per heavy atom. The molecular weight excluding hydrogens is 384 g/mol. The van der Waals surface area contributed by atoms with Gasteiger partial charge in [-0.1, -0.05) is 54.1 Å². The Balaban J connectivity index is 1.45. The lowest BCUT2D eigenvalue weighted by atomic mass is 10.1. The minimum Gasteiger partial charge on any atom is -0.389 e. The third-order valence-corrected chi connectivity index (χ3v) is 5.19. The molecule has 1 N–H and O–H groups in total. The van der Waals surface area contributed by atoms with Crippen molar-refractivity contribution in [1.82, 2.24) is 15.1 Å². The molecule has 0 saturated carbocycles. The van der Waals surface area contributed by atoms with E-state index in [0.717, 1.165) is 31.6 Å². The van der Waals surface area contributed by atoms with E-state index in [1.165, 1.54) is 11.8 Å². The fourth-order valence-electron chi connectivity index (χ4n) is 3.35. The van der Waals surface area contributed by atoms with Crippen LogP contribution in [0.3, 0.4) is 0 Å². The molecule has 2 aromatic carbocycles. The van der Waals surface area contributed by atoms with E-state index in [9.17, 15) is 10.1 Å². The monoisotopic (exact) mass is 408 g/mol. The van der Waals surface area contributed by atoms with Crippen LogP contribution in [0.1, 0.15) is 11.1 Å². The fraction of sp³-hybridized carbons (Fsp3) is 0.304. The number of hydrogen-bond donors (Lipinski definition) is 1. The van der Waals surface area contributed by atoms with Gasteiger partial charge in [0.05, 0.1) is 0 Å². The second kappa shape index (κ2) is 10.7. The maximum absolute atomic E-state index is 12.7. The number of piperazine rings is 1. The molecule has 0 bridgehead atoms. The highest BCUT2D eigenvalue weighted by atomic mass is 35.5. The number of halogens is 1. The van der Waals surface area contributed by atoms with Gasteiger partial charge < -0.3 is 10.2 Å². The number of hydrogen-bond acceptors (Lipinski definition) is 4. The summed E-state index contributed by atoms with van der Waals surface area (Å²) in [6, 6.07) is 20.0. The van der Waals surface area contributed by atoms with Crippen LogP contribution in [0.15, 0.2) is 66.4 Å². The van der Waals surface area contributed by atoms with Crippen LogP contribution in [0.4, 0.5) is 0 Å². The van der Waals surface area contributed by atoms with E-state index in [1.54, 1.807) is 4.90 Å². The van der Waals surface area contributed by atoms with Gasteiger partial charge in [0.25, 0.3) is 5.91 Å². The average Bonchev–Trinajstić information content (AvgIpc) is 2.75. The first-order valence-corrected chi connectivity index (χ1v) is 10.2. The molecule has 1 aliphatic rings. The zero-order valence-corrected chi connectivity index (χ0v) is 17.1. The molecule has 3 rings (SSSR count). The number of nitrogens with one attached hydrogen (secondary N) is 1. The highest BCUT2D eigenvalue weighted by molar-refractivity contribution is 6.30. The lowest BCUT2D eigenvalue weighted by Gasteiger charge is -2.34. The molecule has 1 fully saturated rings. The van der Waals surface area contributed by atoms with Gasteiger partial charge in [-0.2, -0.15) is 5.26 Å². The van der Waals surface area contributed by atoms with Crippen LogP contribution in [0.2, 0.25) is 5.02 Å². The van der Waals surface area contributed by atoms with Crippen molar-refractivity contribution in [2.75, 3.05) is 32.7 Å². The van der Waals surface area contributed by atoms with E-state index in [0.29, 0.717) is 24.7 Å². The summed E-state index contributed by atoms with van der Waals surface area (Å²) >= 11 is 5.98. The van der Waals surface area contributed by atoms with Crippen LogP contribution < -0.4 is 5.32 Å². The third-order valence-electron chi connectivity index (χ3n) is 4.95. The molecule has 0 aromatic heterocycles. The first-order chi connectivity index (χ1) is 14.2. The number of carbonyl (C=O) groups excluding carboxylic acids is 1. The number of nitriles is 1. The Kier molecular flexibility index (Phi) is 7.69. The maximum atomic E-state index is 12.7. The maximum Gasteiger partial charge on any atom is 0.266 e. The summed E-state index contributed by atoms with van der Waals surface area (Å²) < 4.78 is 0. The van der Waals surface area contributed by atoms with Gasteiger partial charge in [-0.3, -0.25) is 9.69 Å². The van der Waals surface area contributed by atoms with Crippen LogP contribution in [-0.4, -0.2) is 48.4 Å². The van der Waals surface area contributed by atoms with E-state index in [2.05, 4.69) is 22.3 Å². The first kappa shape index (κ1) is 20.9. The lowest BCUT2D eigenvalue weighted by molar-refractivity contribution is -0.128. The molecule has 0 aliphatic carbocycles. The van der Waals surface area contributed by atoms with Crippen LogP contribution in [-0.2, 0) is 17.8 Å². The predicted molar refractivity (Wildman–Crippen MR) is 115 cm³/mol. The number of amides is 1. The topological polar surface area (TPSA) is 59.4 Å². The van der Waals surface area contributed by atoms with E-state index in [1.807, 2.05) is 48.5 Å². The van der Waals surface area contributed by atoms with Gasteiger partial charge >= 0.3 is 0 Å². The molecule has 5 nitrogen and oxygen atoms in total. The van der Waals surface area contributed by atoms with E-state index >= 15 is 0 Å². The summed E-state index contributed by atoms with van der Waals surface area (Å²) in [6.45, 7) is 4.39. The molecular formula is C23H25ClN4O. The number of carbonyl (C=O) groups is 1. The summed E-state index contributed by atoms with van der Waals surface area (Å²) in [6.07, 6.45) is 2.30. The molecule has 6 heteroatoms. The van der Waals surface area contributed by atoms with Crippen molar-refractivity contribution in [3.63, 3.8) is 0 Å². The molecule has 0 atom stereocenters. The molecule has 0 radical (unpaired) electrons. The number of benzene rings is 2. The summed E-state index contributed by atoms with van der Waals surface area (Å²) in [4.78, 5) is 16.8. The third kappa shape index (κ3) is 6.35. The van der Waals surface area contributed by atoms with Crippen molar-refractivity contribution in [2.45, 2.75) is 13.0 Å². The van der Waals surface area contributed by atoms with Crippen LogP contribution in [0, 0.1) is 11.3 Å². The quantitative estimate of drug-likeness (QED) is 0.434. The molecule has 1 heterocycles. The van der Waals surface area contributed by atoms with E-state index in [-0.39, 0.29) is 11.5 Å². The van der Waals surface area contributed by atoms with Crippen LogP contribution >= 0.6 is 11.6 Å². The first-order valence-electron chi connectivity index (χ1n) is 9.79. The Bertz CT molecular complexity index is 883. The van der Waals surface area contributed by atoms with Crippen molar-refractivity contribution in [1.29, 1.82) is 5.26 Å². The standard InChI is InChI=1S/C23H25ClN4O/c24-22-8-4-7-19(15-22)9-10-26-17-21(16-25)23(29)28-13-11-27(12-14-28)18-20-5-2-1-3-6-20/h1-8,15,17,26H,9-14,18H2/b21-17-. The normalized spacial score (nSPS) is 15.0. The highest BCUT2D eigenvalue weighted by Gasteiger charge is 2.23. The average molecular weight is 409 g/mol. The minimum absolute atomic E-state index is 0.146. The van der Waals surface area contributed by atoms with Crippen molar-refractivity contribution in [3.05, 3.63) is 82.5 Å². The molecule has 0 unspecified atom stereocenters. The molecule has 150 valence electrons. The second-order valence-electron chi connectivity index (χ2n) is 7.06. The van der Waals surface area contributed by atoms with E-state index in [4.69, 9.17) is 11.6 Å². The van der Waals surface area contributed by atoms with Crippen molar-refractivity contribution >= 4 is 17.5 Å². The predicted octanol–water partition coefficient (Wildman–Crippen LogP) is 3.22. The molecule has 29 heavy (non-hydrogen) atoms. The SMILES string of the molecule is N#C/C(=C/NCCc1cccc(Cl)c1)C(=O)N1CCN(Cc2ccccc2)CC1.